The Balaban J connectivity index is 3.38. The highest BCUT2D eigenvalue weighted by Crippen LogP contribution is 2.20. The minimum atomic E-state index is -0.844. The minimum absolute atomic E-state index is 0.0199. The third-order valence-corrected chi connectivity index (χ3v) is 18.5. The van der Waals surface area contributed by atoms with Gasteiger partial charge in [0.1, 0.15) is 0 Å². The molecule has 504 valence electrons. The van der Waals surface area contributed by atoms with Gasteiger partial charge in [0, 0.05) is 12.8 Å². The number of unbranched alkanes of at least 4 members (excludes halogenated alkanes) is 61. The molecule has 3 N–H and O–H groups in total. The number of carbonyl (C=O) groups excluding carboxylic acids is 2. The molecule has 0 aliphatic heterocycles. The number of aliphatic hydroxyl groups is 2. The number of nitrogens with one attached hydrogen (secondary N) is 1. The van der Waals surface area contributed by atoms with Crippen LogP contribution in [0.25, 0.3) is 0 Å². The molecule has 0 aromatic rings. The summed E-state index contributed by atoms with van der Waals surface area (Å²) in [4.78, 5) is 24.6. The average Bonchev–Trinajstić information content (AvgIpc) is 3.54. The lowest BCUT2D eigenvalue weighted by atomic mass is 10.0. The van der Waals surface area contributed by atoms with Gasteiger partial charge in [-0.2, -0.15) is 0 Å². The summed E-state index contributed by atoms with van der Waals surface area (Å²) in [6.07, 6.45) is 95.8. The zero-order valence-electron chi connectivity index (χ0n) is 57.9. The molecule has 0 bridgehead atoms. The number of esters is 1. The van der Waals surface area contributed by atoms with Gasteiger partial charge in [0.2, 0.25) is 5.91 Å². The third-order valence-electron chi connectivity index (χ3n) is 18.5. The summed E-state index contributed by atoms with van der Waals surface area (Å²) in [5, 5.41) is 23.3. The average molecular weight is 1200 g/mol. The van der Waals surface area contributed by atoms with Crippen LogP contribution in [0.2, 0.25) is 0 Å². The highest BCUT2D eigenvalue weighted by Gasteiger charge is 2.18. The van der Waals surface area contributed by atoms with Crippen molar-refractivity contribution in [1.29, 1.82) is 0 Å². The van der Waals surface area contributed by atoms with E-state index in [0.29, 0.717) is 19.4 Å². The molecule has 0 aromatic heterocycles. The summed E-state index contributed by atoms with van der Waals surface area (Å²) in [5.41, 5.74) is 0. The minimum Gasteiger partial charge on any atom is -0.466 e. The zero-order chi connectivity index (χ0) is 61.3. The van der Waals surface area contributed by atoms with E-state index >= 15 is 0 Å². The van der Waals surface area contributed by atoms with Crippen molar-refractivity contribution >= 4 is 11.9 Å². The van der Waals surface area contributed by atoms with Crippen LogP contribution in [0, 0.1) is 0 Å². The topological polar surface area (TPSA) is 95.9 Å². The second kappa shape index (κ2) is 74.8. The van der Waals surface area contributed by atoms with Gasteiger partial charge in [-0.15, -0.1) is 0 Å². The molecule has 0 aliphatic rings. The number of ether oxygens (including phenoxy) is 1. The van der Waals surface area contributed by atoms with Gasteiger partial charge < -0.3 is 20.3 Å². The van der Waals surface area contributed by atoms with Crippen LogP contribution in [0.1, 0.15) is 444 Å². The first-order valence-electron chi connectivity index (χ1n) is 39.1. The van der Waals surface area contributed by atoms with Crippen LogP contribution < -0.4 is 5.32 Å². The van der Waals surface area contributed by atoms with E-state index in [2.05, 4.69) is 31.3 Å². The Morgan fingerprint density at radius 2 is 0.553 bits per heavy atom. The van der Waals surface area contributed by atoms with Crippen molar-refractivity contribution in [2.24, 2.45) is 0 Å². The molecule has 6 nitrogen and oxygen atoms in total. The fourth-order valence-corrected chi connectivity index (χ4v) is 12.5. The molecular formula is C79H153NO5. The summed E-state index contributed by atoms with van der Waals surface area (Å²) in [6.45, 7) is 4.96. The van der Waals surface area contributed by atoms with E-state index in [-0.39, 0.29) is 18.5 Å². The Hall–Kier alpha value is -1.66. The molecule has 2 atom stereocenters. The largest absolute Gasteiger partial charge is 0.466 e. The fourth-order valence-electron chi connectivity index (χ4n) is 12.5. The molecule has 85 heavy (non-hydrogen) atoms. The molecule has 1 amide bonds. The molecule has 0 saturated heterocycles. The van der Waals surface area contributed by atoms with Gasteiger partial charge in [0.15, 0.2) is 0 Å². The Morgan fingerprint density at radius 3 is 0.835 bits per heavy atom. The Labute approximate surface area is 532 Å². The molecule has 2 unspecified atom stereocenters. The molecule has 6 heteroatoms. The van der Waals surface area contributed by atoms with Crippen LogP contribution in [0.4, 0.5) is 0 Å². The molecule has 0 radical (unpaired) electrons. The van der Waals surface area contributed by atoms with Crippen molar-refractivity contribution in [3.05, 3.63) is 24.3 Å². The van der Waals surface area contributed by atoms with Crippen molar-refractivity contribution in [3.8, 4) is 0 Å². The quantitative estimate of drug-likeness (QED) is 0.0320. The number of hydrogen-bond acceptors (Lipinski definition) is 5. The first kappa shape index (κ1) is 83.3. The number of carbonyl (C=O) groups is 2. The Bertz CT molecular complexity index is 1330. The van der Waals surface area contributed by atoms with E-state index in [4.69, 9.17) is 4.74 Å². The summed E-state index contributed by atoms with van der Waals surface area (Å²) in [7, 11) is 0. The van der Waals surface area contributed by atoms with Crippen LogP contribution in [-0.2, 0) is 14.3 Å². The number of rotatable bonds is 74. The fraction of sp³-hybridized carbons (Fsp3) is 0.924. The molecular weight excluding hydrogens is 1040 g/mol. The van der Waals surface area contributed by atoms with Crippen LogP contribution in [0.15, 0.2) is 24.3 Å². The monoisotopic (exact) mass is 1200 g/mol. The molecule has 0 aliphatic carbocycles. The Kier molecular flexibility index (Phi) is 73.3. The Morgan fingerprint density at radius 1 is 0.318 bits per heavy atom. The number of allylic oxidation sites excluding steroid dienone is 3. The van der Waals surface area contributed by atoms with Gasteiger partial charge in [0.25, 0.3) is 0 Å². The van der Waals surface area contributed by atoms with Gasteiger partial charge in [-0.25, -0.2) is 0 Å². The van der Waals surface area contributed by atoms with E-state index < -0.39 is 12.1 Å². The summed E-state index contributed by atoms with van der Waals surface area (Å²) < 4.78 is 5.49. The lowest BCUT2D eigenvalue weighted by Crippen LogP contribution is -2.45. The van der Waals surface area contributed by atoms with Gasteiger partial charge in [-0.1, -0.05) is 398 Å². The maximum absolute atomic E-state index is 12.6. The molecule has 0 saturated carbocycles. The second-order valence-corrected chi connectivity index (χ2v) is 27.0. The van der Waals surface area contributed by atoms with Crippen molar-refractivity contribution in [2.75, 3.05) is 13.2 Å². The number of amides is 1. The van der Waals surface area contributed by atoms with Gasteiger partial charge in [0.05, 0.1) is 25.4 Å². The lowest BCUT2D eigenvalue weighted by molar-refractivity contribution is -0.143. The molecule has 0 aromatic carbocycles. The highest BCUT2D eigenvalue weighted by molar-refractivity contribution is 5.76. The van der Waals surface area contributed by atoms with Gasteiger partial charge in [-0.05, 0) is 57.8 Å². The SMILES string of the molecule is CCCCCCCCCCCCCCCCCCCCCCCC/C=C/C(O)C(CO)NC(=O)CCCCCCCCCCCCCCCCC/C=C\CCCCCCCCCCCCCCOC(=O)CCCCCCCCCCCCCCC. The molecule has 0 spiro atoms. The van der Waals surface area contributed by atoms with E-state index in [9.17, 15) is 19.8 Å². The molecule has 0 fully saturated rings. The van der Waals surface area contributed by atoms with E-state index in [1.807, 2.05) is 6.08 Å². The van der Waals surface area contributed by atoms with Crippen LogP contribution in [0.5, 0.6) is 0 Å². The lowest BCUT2D eigenvalue weighted by Gasteiger charge is -2.20. The van der Waals surface area contributed by atoms with Crippen molar-refractivity contribution in [1.82, 2.24) is 5.32 Å². The van der Waals surface area contributed by atoms with Crippen LogP contribution in [0.3, 0.4) is 0 Å². The van der Waals surface area contributed by atoms with Crippen molar-refractivity contribution in [3.63, 3.8) is 0 Å². The maximum atomic E-state index is 12.6. The highest BCUT2D eigenvalue weighted by atomic mass is 16.5. The van der Waals surface area contributed by atoms with Crippen LogP contribution >= 0.6 is 0 Å². The maximum Gasteiger partial charge on any atom is 0.305 e. The normalized spacial score (nSPS) is 12.6. The van der Waals surface area contributed by atoms with E-state index in [1.165, 1.54) is 379 Å². The molecule has 0 rings (SSSR count). The smallest absolute Gasteiger partial charge is 0.305 e. The van der Waals surface area contributed by atoms with Gasteiger partial charge >= 0.3 is 5.97 Å². The summed E-state index contributed by atoms with van der Waals surface area (Å²) >= 11 is 0. The standard InChI is InChI=1S/C79H153NO5/c1-3-5-7-9-11-13-15-17-18-19-20-21-22-32-35-38-41-44-48-51-55-59-63-67-71-77(82)76(75-81)80-78(83)72-68-64-60-56-52-49-45-42-39-36-33-30-28-26-24-23-25-27-29-31-34-37-40-43-46-50-54-58-62-66-70-74-85-79(84)73-69-65-61-57-53-47-16-14-12-10-8-6-4-2/h25,27,67,71,76-77,81-82H,3-24,26,28-66,68-70,72-75H2,1-2H3,(H,80,83)/b27-25-,71-67+. The second-order valence-electron chi connectivity index (χ2n) is 27.0. The zero-order valence-corrected chi connectivity index (χ0v) is 57.9. The molecule has 0 heterocycles. The third kappa shape index (κ3) is 71.3. The van der Waals surface area contributed by atoms with Gasteiger partial charge in [-0.3, -0.25) is 9.59 Å². The van der Waals surface area contributed by atoms with Crippen molar-refractivity contribution in [2.45, 2.75) is 456 Å². The predicted molar refractivity (Wildman–Crippen MR) is 375 cm³/mol. The van der Waals surface area contributed by atoms with E-state index in [1.54, 1.807) is 6.08 Å². The van der Waals surface area contributed by atoms with Crippen LogP contribution in [-0.4, -0.2) is 47.4 Å². The first-order valence-corrected chi connectivity index (χ1v) is 39.1. The van der Waals surface area contributed by atoms with E-state index in [0.717, 1.165) is 38.5 Å². The number of hydrogen-bond donors (Lipinski definition) is 3. The summed E-state index contributed by atoms with van der Waals surface area (Å²) in [5.74, 6) is -0.0408. The predicted octanol–water partition coefficient (Wildman–Crippen LogP) is 25.7. The van der Waals surface area contributed by atoms with Crippen molar-refractivity contribution < 1.29 is 24.5 Å². The first-order chi connectivity index (χ1) is 42.0. The summed E-state index contributed by atoms with van der Waals surface area (Å²) in [6, 6.07) is -0.627. The number of aliphatic hydroxyl groups excluding tert-OH is 2.